The number of benzene rings is 2. The molecule has 6 heteroatoms. The van der Waals surface area contributed by atoms with Gasteiger partial charge in [-0.15, -0.1) is 0 Å². The van der Waals surface area contributed by atoms with Crippen molar-refractivity contribution >= 4 is 11.8 Å². The Morgan fingerprint density at radius 1 is 1.06 bits per heavy atom. The molecule has 1 atom stereocenters. The molecule has 1 fully saturated rings. The van der Waals surface area contributed by atoms with Crippen molar-refractivity contribution in [2.45, 2.75) is 19.8 Å². The molecule has 1 aromatic heterocycles. The molecule has 1 N–H and O–H groups in total. The van der Waals surface area contributed by atoms with Crippen molar-refractivity contribution in [3.05, 3.63) is 90.0 Å². The summed E-state index contributed by atoms with van der Waals surface area (Å²) in [6.45, 7) is 3.06. The van der Waals surface area contributed by atoms with Crippen LogP contribution in [0.1, 0.15) is 29.3 Å². The highest BCUT2D eigenvalue weighted by Gasteiger charge is 2.46. The normalized spacial score (nSPS) is 17.9. The number of carbonyl (C=O) groups is 2. The average Bonchev–Trinajstić information content (AvgIpc) is 3.25. The van der Waals surface area contributed by atoms with Crippen LogP contribution in [0, 0.1) is 11.2 Å². The summed E-state index contributed by atoms with van der Waals surface area (Å²) in [5.41, 5.74) is 2.41. The molecule has 0 saturated carbocycles. The van der Waals surface area contributed by atoms with E-state index >= 15 is 0 Å². The molecule has 0 bridgehead atoms. The van der Waals surface area contributed by atoms with Gasteiger partial charge < -0.3 is 10.2 Å². The largest absolute Gasteiger partial charge is 0.356 e. The second-order valence-corrected chi connectivity index (χ2v) is 8.21. The molecular formula is C26H26FN3O2. The molecule has 0 unspecified atom stereocenters. The van der Waals surface area contributed by atoms with Crippen molar-refractivity contribution in [2.75, 3.05) is 19.6 Å². The molecular weight excluding hydrogens is 405 g/mol. The summed E-state index contributed by atoms with van der Waals surface area (Å²) in [6.07, 6.45) is 4.53. The highest BCUT2D eigenvalue weighted by Crippen LogP contribution is 2.36. The van der Waals surface area contributed by atoms with E-state index in [1.807, 2.05) is 37.3 Å². The molecule has 0 radical (unpaired) electrons. The number of likely N-dealkylation sites (tertiary alicyclic amines) is 1. The number of halogens is 1. The Balaban J connectivity index is 1.61. The Bertz CT molecular complexity index is 1120. The maximum Gasteiger partial charge on any atom is 0.256 e. The van der Waals surface area contributed by atoms with E-state index in [0.717, 1.165) is 16.7 Å². The fourth-order valence-electron chi connectivity index (χ4n) is 4.40. The van der Waals surface area contributed by atoms with Crippen LogP contribution in [0.5, 0.6) is 0 Å². The lowest BCUT2D eigenvalue weighted by atomic mass is 9.79. The van der Waals surface area contributed by atoms with Crippen LogP contribution in [0.2, 0.25) is 0 Å². The van der Waals surface area contributed by atoms with Crippen LogP contribution in [-0.4, -0.2) is 41.3 Å². The molecule has 1 saturated heterocycles. The first-order valence-corrected chi connectivity index (χ1v) is 10.8. The minimum Gasteiger partial charge on any atom is -0.356 e. The van der Waals surface area contributed by atoms with E-state index in [1.165, 1.54) is 12.1 Å². The van der Waals surface area contributed by atoms with Gasteiger partial charge in [-0.1, -0.05) is 36.4 Å². The number of nitrogens with zero attached hydrogens (tertiary/aromatic N) is 2. The van der Waals surface area contributed by atoms with E-state index < -0.39 is 11.2 Å². The Kier molecular flexibility index (Phi) is 6.30. The zero-order valence-corrected chi connectivity index (χ0v) is 18.1. The third-order valence-corrected chi connectivity index (χ3v) is 6.05. The van der Waals surface area contributed by atoms with E-state index in [0.29, 0.717) is 25.9 Å². The summed E-state index contributed by atoms with van der Waals surface area (Å²) in [5, 5.41) is 2.95. The molecule has 1 aliphatic heterocycles. The molecule has 3 aromatic rings. The predicted octanol–water partition coefficient (Wildman–Crippen LogP) is 4.10. The molecule has 32 heavy (non-hydrogen) atoms. The van der Waals surface area contributed by atoms with Crippen molar-refractivity contribution in [2.24, 2.45) is 5.41 Å². The fraction of sp³-hybridized carbons (Fsp3) is 0.269. The van der Waals surface area contributed by atoms with E-state index in [1.54, 1.807) is 29.4 Å². The van der Waals surface area contributed by atoms with Crippen molar-refractivity contribution in [1.29, 1.82) is 0 Å². The molecule has 2 amide bonds. The second kappa shape index (κ2) is 9.30. The highest BCUT2D eigenvalue weighted by molar-refractivity contribution is 5.95. The summed E-state index contributed by atoms with van der Waals surface area (Å²) in [4.78, 5) is 31.8. The Labute approximate surface area is 187 Å². The van der Waals surface area contributed by atoms with Gasteiger partial charge in [-0.3, -0.25) is 14.6 Å². The number of pyridine rings is 1. The average molecular weight is 432 g/mol. The summed E-state index contributed by atoms with van der Waals surface area (Å²) in [6, 6.07) is 18.0. The number of hydrogen-bond donors (Lipinski definition) is 1. The van der Waals surface area contributed by atoms with E-state index in [4.69, 9.17) is 0 Å². The van der Waals surface area contributed by atoms with Crippen LogP contribution in [0.15, 0.2) is 73.1 Å². The standard InChI is InChI=1S/C26H26FN3O2/c1-2-29-25(32)26(12-15-30(18-26)24(31)22-8-3-4-9-23(22)27)17-19-6-5-7-21(16-19)20-10-13-28-14-11-20/h3-11,13-14,16H,2,12,15,17-18H2,1H3,(H,29,32)/t26-/m1/s1. The molecule has 164 valence electrons. The predicted molar refractivity (Wildman–Crippen MR) is 121 cm³/mol. The van der Waals surface area contributed by atoms with Gasteiger partial charge in [0, 0.05) is 32.0 Å². The van der Waals surface area contributed by atoms with Crippen LogP contribution in [0.25, 0.3) is 11.1 Å². The van der Waals surface area contributed by atoms with Gasteiger partial charge in [0.25, 0.3) is 5.91 Å². The van der Waals surface area contributed by atoms with Crippen LogP contribution in [-0.2, 0) is 11.2 Å². The Morgan fingerprint density at radius 3 is 2.59 bits per heavy atom. The third-order valence-electron chi connectivity index (χ3n) is 6.05. The smallest absolute Gasteiger partial charge is 0.256 e. The molecule has 0 aliphatic carbocycles. The molecule has 2 heterocycles. The maximum atomic E-state index is 14.2. The lowest BCUT2D eigenvalue weighted by Crippen LogP contribution is -2.45. The van der Waals surface area contributed by atoms with E-state index in [-0.39, 0.29) is 23.9 Å². The minimum absolute atomic E-state index is 0.0406. The second-order valence-electron chi connectivity index (χ2n) is 8.21. The van der Waals surface area contributed by atoms with Crippen molar-refractivity contribution in [3.63, 3.8) is 0 Å². The minimum atomic E-state index is -0.756. The molecule has 4 rings (SSSR count). The molecule has 1 aliphatic rings. The SMILES string of the molecule is CCNC(=O)[C@@]1(Cc2cccc(-c3ccncc3)c2)CCN(C(=O)c2ccccc2F)C1. The Morgan fingerprint density at radius 2 is 1.84 bits per heavy atom. The summed E-state index contributed by atoms with van der Waals surface area (Å²) in [7, 11) is 0. The van der Waals surface area contributed by atoms with Crippen molar-refractivity contribution in [1.82, 2.24) is 15.2 Å². The van der Waals surface area contributed by atoms with Gasteiger partial charge in [0.05, 0.1) is 11.0 Å². The number of aromatic nitrogens is 1. The third kappa shape index (κ3) is 4.40. The van der Waals surface area contributed by atoms with Gasteiger partial charge in [-0.25, -0.2) is 4.39 Å². The van der Waals surface area contributed by atoms with E-state index in [9.17, 15) is 14.0 Å². The number of rotatable bonds is 6. The van der Waals surface area contributed by atoms with Crippen LogP contribution in [0.4, 0.5) is 4.39 Å². The lowest BCUT2D eigenvalue weighted by molar-refractivity contribution is -0.130. The first-order valence-electron chi connectivity index (χ1n) is 10.8. The molecule has 2 aromatic carbocycles. The van der Waals surface area contributed by atoms with Gasteiger partial charge >= 0.3 is 0 Å². The molecule has 0 spiro atoms. The summed E-state index contributed by atoms with van der Waals surface area (Å²) < 4.78 is 14.2. The first kappa shape index (κ1) is 21.7. The van der Waals surface area contributed by atoms with Crippen LogP contribution in [0.3, 0.4) is 0 Å². The van der Waals surface area contributed by atoms with Gasteiger partial charge in [0.1, 0.15) is 5.82 Å². The van der Waals surface area contributed by atoms with Gasteiger partial charge in [-0.2, -0.15) is 0 Å². The van der Waals surface area contributed by atoms with E-state index in [2.05, 4.69) is 16.4 Å². The number of amides is 2. The van der Waals surface area contributed by atoms with Gasteiger partial charge in [0.15, 0.2) is 0 Å². The summed E-state index contributed by atoms with van der Waals surface area (Å²) >= 11 is 0. The maximum absolute atomic E-state index is 14.2. The fourth-order valence-corrected chi connectivity index (χ4v) is 4.40. The first-order chi connectivity index (χ1) is 15.5. The number of nitrogens with one attached hydrogen (secondary N) is 1. The number of carbonyl (C=O) groups excluding carboxylic acids is 2. The zero-order valence-electron chi connectivity index (χ0n) is 18.1. The van der Waals surface area contributed by atoms with Crippen LogP contribution < -0.4 is 5.32 Å². The lowest BCUT2D eigenvalue weighted by Gasteiger charge is -2.28. The quantitative estimate of drug-likeness (QED) is 0.639. The topological polar surface area (TPSA) is 62.3 Å². The Hall–Kier alpha value is -3.54. The van der Waals surface area contributed by atoms with Gasteiger partial charge in [0.2, 0.25) is 5.91 Å². The van der Waals surface area contributed by atoms with Gasteiger partial charge in [-0.05, 0) is 60.7 Å². The highest BCUT2D eigenvalue weighted by atomic mass is 19.1. The zero-order chi connectivity index (χ0) is 22.6. The summed E-state index contributed by atoms with van der Waals surface area (Å²) in [5.74, 6) is -0.990. The van der Waals surface area contributed by atoms with Crippen LogP contribution >= 0.6 is 0 Å². The van der Waals surface area contributed by atoms with Crippen molar-refractivity contribution in [3.8, 4) is 11.1 Å². The molecule has 5 nitrogen and oxygen atoms in total. The number of hydrogen-bond acceptors (Lipinski definition) is 3. The monoisotopic (exact) mass is 431 g/mol. The van der Waals surface area contributed by atoms with Crippen molar-refractivity contribution < 1.29 is 14.0 Å².